The lowest BCUT2D eigenvalue weighted by molar-refractivity contribution is -0.120. The zero-order chi connectivity index (χ0) is 19.7. The van der Waals surface area contributed by atoms with Crippen molar-refractivity contribution in [3.8, 4) is 0 Å². The number of piperidine rings is 1. The highest BCUT2D eigenvalue weighted by molar-refractivity contribution is 5.93. The molecule has 144 valence electrons. The number of fused-ring (bicyclic) bond motifs is 1. The summed E-state index contributed by atoms with van der Waals surface area (Å²) in [7, 11) is 0. The fourth-order valence-electron chi connectivity index (χ4n) is 3.81. The van der Waals surface area contributed by atoms with Crippen LogP contribution in [-0.2, 0) is 4.79 Å². The first kappa shape index (κ1) is 18.2. The second-order valence-electron chi connectivity index (χ2n) is 7.50. The smallest absolute Gasteiger partial charge is 0.291 e. The maximum atomic E-state index is 12.8. The molecule has 2 heterocycles. The third-order valence-corrected chi connectivity index (χ3v) is 5.31. The standard InChI is InChI=1S/C22H24N4O2/c1-14-9-10-17(15(2)12-14)24-21(27)16-6-5-11-26(13-16)20-22(28)25-19-8-4-3-7-18(19)23-20/h3-4,7-10,12,16H,5-6,11,13H2,1-2H3,(H,24,27)(H,25,28). The molecule has 2 N–H and O–H groups in total. The van der Waals surface area contributed by atoms with Gasteiger partial charge in [-0.15, -0.1) is 0 Å². The first-order chi connectivity index (χ1) is 13.5. The van der Waals surface area contributed by atoms with Crippen LogP contribution in [0.4, 0.5) is 11.5 Å². The minimum absolute atomic E-state index is 0.00568. The quantitative estimate of drug-likeness (QED) is 0.734. The number of aromatic amines is 1. The average Bonchev–Trinajstić information content (AvgIpc) is 2.69. The number of rotatable bonds is 3. The molecular formula is C22H24N4O2. The van der Waals surface area contributed by atoms with Crippen molar-refractivity contribution in [3.63, 3.8) is 0 Å². The van der Waals surface area contributed by atoms with Crippen molar-refractivity contribution >= 4 is 28.4 Å². The molecule has 2 aromatic carbocycles. The fraction of sp³-hybridized carbons (Fsp3) is 0.318. The molecule has 0 spiro atoms. The molecule has 1 fully saturated rings. The van der Waals surface area contributed by atoms with Crippen LogP contribution in [0.3, 0.4) is 0 Å². The molecule has 1 aliphatic heterocycles. The van der Waals surface area contributed by atoms with Crippen LogP contribution < -0.4 is 15.8 Å². The molecule has 6 nitrogen and oxygen atoms in total. The van der Waals surface area contributed by atoms with E-state index in [9.17, 15) is 9.59 Å². The van der Waals surface area contributed by atoms with Gasteiger partial charge in [-0.05, 0) is 50.5 Å². The van der Waals surface area contributed by atoms with Crippen molar-refractivity contribution in [1.29, 1.82) is 0 Å². The largest absolute Gasteiger partial charge is 0.351 e. The predicted octanol–water partition coefficient (Wildman–Crippen LogP) is 3.40. The number of amides is 1. The molecule has 6 heteroatoms. The van der Waals surface area contributed by atoms with E-state index in [1.165, 1.54) is 5.56 Å². The van der Waals surface area contributed by atoms with Crippen molar-refractivity contribution in [2.75, 3.05) is 23.3 Å². The summed E-state index contributed by atoms with van der Waals surface area (Å²) in [6.07, 6.45) is 1.65. The van der Waals surface area contributed by atoms with Gasteiger partial charge in [-0.25, -0.2) is 4.98 Å². The van der Waals surface area contributed by atoms with Gasteiger partial charge < -0.3 is 15.2 Å². The highest BCUT2D eigenvalue weighted by Crippen LogP contribution is 2.23. The number of carbonyl (C=O) groups is 1. The summed E-state index contributed by atoms with van der Waals surface area (Å²) in [6.45, 7) is 5.24. The van der Waals surface area contributed by atoms with E-state index < -0.39 is 0 Å². The van der Waals surface area contributed by atoms with Crippen LogP contribution in [-0.4, -0.2) is 29.0 Å². The number of nitrogens with one attached hydrogen (secondary N) is 2. The fourth-order valence-corrected chi connectivity index (χ4v) is 3.81. The third kappa shape index (κ3) is 3.63. The lowest BCUT2D eigenvalue weighted by Crippen LogP contribution is -2.43. The summed E-state index contributed by atoms with van der Waals surface area (Å²) in [4.78, 5) is 34.7. The van der Waals surface area contributed by atoms with Crippen LogP contribution in [0.5, 0.6) is 0 Å². The SMILES string of the molecule is Cc1ccc(NC(=O)C2CCCN(c3nc4ccccc4[nH]c3=O)C2)c(C)c1. The van der Waals surface area contributed by atoms with E-state index in [2.05, 4.69) is 21.4 Å². The first-order valence-corrected chi connectivity index (χ1v) is 9.63. The third-order valence-electron chi connectivity index (χ3n) is 5.31. The normalized spacial score (nSPS) is 16.9. The summed E-state index contributed by atoms with van der Waals surface area (Å²) in [6, 6.07) is 13.5. The Morgan fingerprint density at radius 2 is 2.04 bits per heavy atom. The molecule has 3 aromatic rings. The number of hydrogen-bond donors (Lipinski definition) is 2. The van der Waals surface area contributed by atoms with E-state index in [1.54, 1.807) is 0 Å². The predicted molar refractivity (Wildman–Crippen MR) is 112 cm³/mol. The van der Waals surface area contributed by atoms with Gasteiger partial charge in [-0.1, -0.05) is 29.8 Å². The lowest BCUT2D eigenvalue weighted by atomic mass is 9.96. The Kier molecular flexibility index (Phi) is 4.86. The molecule has 0 bridgehead atoms. The molecule has 0 aliphatic carbocycles. The average molecular weight is 376 g/mol. The number of aryl methyl sites for hydroxylation is 2. The van der Waals surface area contributed by atoms with Crippen molar-refractivity contribution in [1.82, 2.24) is 9.97 Å². The lowest BCUT2D eigenvalue weighted by Gasteiger charge is -2.32. The van der Waals surface area contributed by atoms with E-state index in [0.717, 1.165) is 41.7 Å². The van der Waals surface area contributed by atoms with Gasteiger partial charge in [-0.2, -0.15) is 0 Å². The maximum Gasteiger partial charge on any atom is 0.291 e. The van der Waals surface area contributed by atoms with Gasteiger partial charge in [0.2, 0.25) is 5.91 Å². The van der Waals surface area contributed by atoms with Crippen LogP contribution in [0.25, 0.3) is 11.0 Å². The van der Waals surface area contributed by atoms with Crippen molar-refractivity contribution < 1.29 is 4.79 Å². The zero-order valence-corrected chi connectivity index (χ0v) is 16.2. The molecule has 1 aliphatic rings. The van der Waals surface area contributed by atoms with Gasteiger partial charge in [0.05, 0.1) is 17.0 Å². The van der Waals surface area contributed by atoms with Gasteiger partial charge in [0.25, 0.3) is 5.56 Å². The molecular weight excluding hydrogens is 352 g/mol. The number of benzene rings is 2. The number of nitrogens with zero attached hydrogens (tertiary/aromatic N) is 2. The van der Waals surface area contributed by atoms with Crippen molar-refractivity contribution in [2.24, 2.45) is 5.92 Å². The number of H-pyrrole nitrogens is 1. The maximum absolute atomic E-state index is 12.8. The summed E-state index contributed by atoms with van der Waals surface area (Å²) >= 11 is 0. The topological polar surface area (TPSA) is 78.1 Å². The Morgan fingerprint density at radius 3 is 2.86 bits per heavy atom. The molecule has 1 saturated heterocycles. The van der Waals surface area contributed by atoms with Gasteiger partial charge >= 0.3 is 0 Å². The van der Waals surface area contributed by atoms with Gasteiger partial charge in [0.15, 0.2) is 5.82 Å². The summed E-state index contributed by atoms with van der Waals surface area (Å²) in [5, 5.41) is 3.05. The summed E-state index contributed by atoms with van der Waals surface area (Å²) < 4.78 is 0. The van der Waals surface area contributed by atoms with Gasteiger partial charge in [0, 0.05) is 18.8 Å². The molecule has 1 unspecified atom stereocenters. The van der Waals surface area contributed by atoms with Gasteiger partial charge in [-0.3, -0.25) is 9.59 Å². The highest BCUT2D eigenvalue weighted by Gasteiger charge is 2.28. The molecule has 28 heavy (non-hydrogen) atoms. The van der Waals surface area contributed by atoms with Crippen molar-refractivity contribution in [3.05, 3.63) is 63.9 Å². The van der Waals surface area contributed by atoms with E-state index in [0.29, 0.717) is 12.4 Å². The number of carbonyl (C=O) groups excluding carboxylic acids is 1. The molecule has 0 radical (unpaired) electrons. The van der Waals surface area contributed by atoms with Crippen LogP contribution >= 0.6 is 0 Å². The Bertz CT molecular complexity index is 1090. The monoisotopic (exact) mass is 376 g/mol. The zero-order valence-electron chi connectivity index (χ0n) is 16.2. The van der Waals surface area contributed by atoms with E-state index >= 15 is 0 Å². The van der Waals surface area contributed by atoms with Crippen molar-refractivity contribution in [2.45, 2.75) is 26.7 Å². The second-order valence-corrected chi connectivity index (χ2v) is 7.50. The molecule has 1 atom stereocenters. The Morgan fingerprint density at radius 1 is 1.21 bits per heavy atom. The Labute approximate surface area is 163 Å². The van der Waals surface area contributed by atoms with E-state index in [-0.39, 0.29) is 17.4 Å². The minimum Gasteiger partial charge on any atom is -0.351 e. The summed E-state index contributed by atoms with van der Waals surface area (Å²) in [5.74, 6) is 0.207. The minimum atomic E-state index is -0.214. The first-order valence-electron chi connectivity index (χ1n) is 9.63. The Hall–Kier alpha value is -3.15. The van der Waals surface area contributed by atoms with Crippen LogP contribution in [0.2, 0.25) is 0 Å². The molecule has 1 amide bonds. The van der Waals surface area contributed by atoms with Crippen LogP contribution in [0.15, 0.2) is 47.3 Å². The molecule has 1 aromatic heterocycles. The molecule has 4 rings (SSSR count). The number of anilines is 2. The summed E-state index contributed by atoms with van der Waals surface area (Å²) in [5.41, 5.74) is 4.31. The number of para-hydroxylation sites is 2. The number of hydrogen-bond acceptors (Lipinski definition) is 4. The molecule has 0 saturated carbocycles. The van der Waals surface area contributed by atoms with E-state index in [4.69, 9.17) is 0 Å². The highest BCUT2D eigenvalue weighted by atomic mass is 16.2. The second kappa shape index (κ2) is 7.46. The van der Waals surface area contributed by atoms with Crippen LogP contribution in [0.1, 0.15) is 24.0 Å². The Balaban J connectivity index is 1.53. The van der Waals surface area contributed by atoms with Crippen LogP contribution in [0, 0.1) is 19.8 Å². The van der Waals surface area contributed by atoms with E-state index in [1.807, 2.05) is 55.1 Å². The number of aromatic nitrogens is 2. The van der Waals surface area contributed by atoms with Gasteiger partial charge in [0.1, 0.15) is 0 Å².